The molecule has 2 atom stereocenters. The second-order valence-corrected chi connectivity index (χ2v) is 2.99. The van der Waals surface area contributed by atoms with Gasteiger partial charge in [-0.1, -0.05) is 12.2 Å². The molecule has 0 saturated carbocycles. The second-order valence-electron chi connectivity index (χ2n) is 2.99. The van der Waals surface area contributed by atoms with Crippen molar-refractivity contribution in [2.24, 2.45) is 0 Å². The summed E-state index contributed by atoms with van der Waals surface area (Å²) in [6.07, 6.45) is 4.54. The van der Waals surface area contributed by atoms with E-state index in [1.807, 2.05) is 0 Å². The molecule has 1 N–H and O–H groups in total. The number of hydrogen-bond acceptors (Lipinski definition) is 2. The molecule has 9 heavy (non-hydrogen) atoms. The number of hydrogen-bond donors (Lipinski definition) is 1. The minimum absolute atomic E-state index is 0.633. The number of piperazine rings is 1. The molecule has 1 saturated heterocycles. The van der Waals surface area contributed by atoms with E-state index in [0.29, 0.717) is 12.1 Å². The molecule has 0 aromatic heterocycles. The maximum absolute atomic E-state index is 3.47. The molecule has 2 bridgehead atoms. The lowest BCUT2D eigenvalue weighted by Gasteiger charge is -2.29. The predicted octanol–water partition coefficient (Wildman–Crippen LogP) is -0.172. The van der Waals surface area contributed by atoms with Gasteiger partial charge in [-0.15, -0.1) is 0 Å². The Morgan fingerprint density at radius 3 is 2.44 bits per heavy atom. The van der Waals surface area contributed by atoms with Crippen LogP contribution < -0.4 is 5.32 Å². The Bertz CT molecular complexity index is 128. The molecule has 0 aliphatic carbocycles. The first-order valence-electron chi connectivity index (χ1n) is 3.47. The summed E-state index contributed by atoms with van der Waals surface area (Å²) in [5, 5.41) is 3.47. The van der Waals surface area contributed by atoms with Gasteiger partial charge in [0.15, 0.2) is 0 Å². The molecule has 1 fully saturated rings. The largest absolute Gasteiger partial charge is 0.303 e. The maximum atomic E-state index is 3.47. The van der Waals surface area contributed by atoms with E-state index in [0.717, 1.165) is 0 Å². The Labute approximate surface area is 55.5 Å². The van der Waals surface area contributed by atoms with Crippen LogP contribution in [0.5, 0.6) is 0 Å². The summed E-state index contributed by atoms with van der Waals surface area (Å²) in [5.41, 5.74) is 0. The molecule has 2 aliphatic heterocycles. The van der Waals surface area contributed by atoms with E-state index in [1.165, 1.54) is 13.1 Å². The molecule has 50 valence electrons. The van der Waals surface area contributed by atoms with Crippen LogP contribution in [-0.4, -0.2) is 37.1 Å². The van der Waals surface area contributed by atoms with E-state index >= 15 is 0 Å². The fraction of sp³-hybridized carbons (Fsp3) is 0.714. The molecule has 0 aromatic rings. The summed E-state index contributed by atoms with van der Waals surface area (Å²) < 4.78 is 0. The van der Waals surface area contributed by atoms with E-state index in [4.69, 9.17) is 0 Å². The number of nitrogens with zero attached hydrogens (tertiary/aromatic N) is 1. The molecule has 0 aromatic carbocycles. The molecule has 2 heteroatoms. The fourth-order valence-electron chi connectivity index (χ4n) is 1.63. The van der Waals surface area contributed by atoms with Gasteiger partial charge in [-0.2, -0.15) is 0 Å². The minimum atomic E-state index is 0.633. The van der Waals surface area contributed by atoms with Crippen molar-refractivity contribution in [2.45, 2.75) is 12.1 Å². The Kier molecular flexibility index (Phi) is 1.10. The van der Waals surface area contributed by atoms with Crippen LogP contribution in [-0.2, 0) is 0 Å². The van der Waals surface area contributed by atoms with Crippen LogP contribution in [0.1, 0.15) is 0 Å². The molecule has 0 amide bonds. The Morgan fingerprint density at radius 1 is 1.33 bits per heavy atom. The number of fused-ring (bicyclic) bond motifs is 2. The smallest absolute Gasteiger partial charge is 0.0384 e. The van der Waals surface area contributed by atoms with Crippen molar-refractivity contribution in [1.29, 1.82) is 0 Å². The first-order chi connectivity index (χ1) is 4.34. The van der Waals surface area contributed by atoms with Crippen LogP contribution in [0.4, 0.5) is 0 Å². The normalized spacial score (nSPS) is 41.9. The molecule has 0 radical (unpaired) electrons. The van der Waals surface area contributed by atoms with E-state index in [1.54, 1.807) is 0 Å². The molecule has 2 aliphatic rings. The molecule has 2 rings (SSSR count). The summed E-state index contributed by atoms with van der Waals surface area (Å²) in [6, 6.07) is 1.27. The van der Waals surface area contributed by atoms with E-state index < -0.39 is 0 Å². The minimum Gasteiger partial charge on any atom is -0.303 e. The van der Waals surface area contributed by atoms with Crippen LogP contribution in [0, 0.1) is 0 Å². The van der Waals surface area contributed by atoms with Gasteiger partial charge >= 0.3 is 0 Å². The highest BCUT2D eigenvalue weighted by molar-refractivity contribution is 5.12. The molecular formula is C7H12N2. The second kappa shape index (κ2) is 1.82. The zero-order valence-electron chi connectivity index (χ0n) is 5.67. The number of nitrogens with one attached hydrogen (secondary N) is 1. The van der Waals surface area contributed by atoms with Crippen LogP contribution in [0.3, 0.4) is 0 Å². The van der Waals surface area contributed by atoms with Crippen molar-refractivity contribution in [3.63, 3.8) is 0 Å². The van der Waals surface area contributed by atoms with Crippen molar-refractivity contribution < 1.29 is 0 Å². The highest BCUT2D eigenvalue weighted by Crippen LogP contribution is 2.10. The molecule has 2 unspecified atom stereocenters. The van der Waals surface area contributed by atoms with E-state index in [9.17, 15) is 0 Å². The highest BCUT2D eigenvalue weighted by Gasteiger charge is 2.24. The van der Waals surface area contributed by atoms with Crippen molar-refractivity contribution in [3.8, 4) is 0 Å². The van der Waals surface area contributed by atoms with Gasteiger partial charge in [-0.3, -0.25) is 0 Å². The SMILES string of the molecule is CN1CC2C=CC(C1)N2. The average molecular weight is 124 g/mol. The third-order valence-electron chi connectivity index (χ3n) is 2.02. The zero-order valence-corrected chi connectivity index (χ0v) is 5.67. The lowest BCUT2D eigenvalue weighted by molar-refractivity contribution is 0.246. The van der Waals surface area contributed by atoms with Gasteiger partial charge in [0.05, 0.1) is 0 Å². The third-order valence-corrected chi connectivity index (χ3v) is 2.02. The average Bonchev–Trinajstić information content (AvgIpc) is 2.11. The van der Waals surface area contributed by atoms with Crippen LogP contribution in [0.15, 0.2) is 12.2 Å². The summed E-state index contributed by atoms with van der Waals surface area (Å²) in [4.78, 5) is 2.37. The molecule has 2 heterocycles. The van der Waals surface area contributed by atoms with Crippen LogP contribution in [0.25, 0.3) is 0 Å². The van der Waals surface area contributed by atoms with Crippen molar-refractivity contribution in [2.75, 3.05) is 20.1 Å². The third kappa shape index (κ3) is 0.884. The lowest BCUT2D eigenvalue weighted by Crippen LogP contribution is -2.49. The Balaban J connectivity index is 2.10. The van der Waals surface area contributed by atoms with Crippen LogP contribution in [0.2, 0.25) is 0 Å². The zero-order chi connectivity index (χ0) is 6.27. The van der Waals surface area contributed by atoms with Gasteiger partial charge in [0.25, 0.3) is 0 Å². The van der Waals surface area contributed by atoms with Gasteiger partial charge in [0.1, 0.15) is 0 Å². The standard InChI is InChI=1S/C7H12N2/c1-9-4-6-2-3-7(5-9)8-6/h2-3,6-8H,4-5H2,1H3. The van der Waals surface area contributed by atoms with Crippen molar-refractivity contribution in [3.05, 3.63) is 12.2 Å². The summed E-state index contributed by atoms with van der Waals surface area (Å²) >= 11 is 0. The van der Waals surface area contributed by atoms with Crippen molar-refractivity contribution in [1.82, 2.24) is 10.2 Å². The van der Waals surface area contributed by atoms with Gasteiger partial charge < -0.3 is 10.2 Å². The molecule has 0 spiro atoms. The lowest BCUT2D eigenvalue weighted by atomic mass is 10.2. The van der Waals surface area contributed by atoms with E-state index in [-0.39, 0.29) is 0 Å². The molecular weight excluding hydrogens is 112 g/mol. The maximum Gasteiger partial charge on any atom is 0.0384 e. The van der Waals surface area contributed by atoms with Gasteiger partial charge in [-0.05, 0) is 7.05 Å². The molecule has 2 nitrogen and oxygen atoms in total. The predicted molar refractivity (Wildman–Crippen MR) is 37.3 cm³/mol. The highest BCUT2D eigenvalue weighted by atomic mass is 15.2. The summed E-state index contributed by atoms with van der Waals surface area (Å²) in [6.45, 7) is 2.35. The van der Waals surface area contributed by atoms with Crippen molar-refractivity contribution >= 4 is 0 Å². The number of likely N-dealkylation sites (N-methyl/N-ethyl adjacent to an activating group) is 1. The first kappa shape index (κ1) is 5.45. The quantitative estimate of drug-likeness (QED) is 0.451. The monoisotopic (exact) mass is 124 g/mol. The fourth-order valence-corrected chi connectivity index (χ4v) is 1.63. The summed E-state index contributed by atoms with van der Waals surface area (Å²) in [7, 11) is 2.17. The van der Waals surface area contributed by atoms with Crippen LogP contribution >= 0.6 is 0 Å². The Morgan fingerprint density at radius 2 is 1.89 bits per heavy atom. The topological polar surface area (TPSA) is 15.3 Å². The first-order valence-corrected chi connectivity index (χ1v) is 3.47. The Hall–Kier alpha value is -0.340. The summed E-state index contributed by atoms with van der Waals surface area (Å²) in [5.74, 6) is 0. The number of rotatable bonds is 0. The van der Waals surface area contributed by atoms with Gasteiger partial charge in [0, 0.05) is 25.2 Å². The van der Waals surface area contributed by atoms with E-state index in [2.05, 4.69) is 29.4 Å². The van der Waals surface area contributed by atoms with Gasteiger partial charge in [-0.25, -0.2) is 0 Å². The van der Waals surface area contributed by atoms with Gasteiger partial charge in [0.2, 0.25) is 0 Å².